The first kappa shape index (κ1) is 21.4. The molecule has 1 fully saturated rings. The number of pyridine rings is 1. The minimum Gasteiger partial charge on any atom is -0.508 e. The smallest absolute Gasteiger partial charge is 0.253 e. The monoisotopic (exact) mass is 506 g/mol. The van der Waals surface area contributed by atoms with E-state index in [2.05, 4.69) is 31.3 Å². The van der Waals surface area contributed by atoms with Gasteiger partial charge < -0.3 is 15.3 Å². The van der Waals surface area contributed by atoms with Crippen LogP contribution in [0.5, 0.6) is 5.75 Å². The molecule has 9 heteroatoms. The van der Waals surface area contributed by atoms with Crippen molar-refractivity contribution >= 4 is 33.3 Å². The van der Waals surface area contributed by atoms with Gasteiger partial charge in [0.15, 0.2) is 5.65 Å². The Morgan fingerprint density at radius 2 is 2.06 bits per heavy atom. The number of aromatic nitrogens is 4. The molecule has 4 heterocycles. The van der Waals surface area contributed by atoms with Gasteiger partial charge in [0.25, 0.3) is 5.91 Å². The standard InChI is InChI=1S/C24H23BrN6O2/c25-20-14-28-31-22(27-13-16-3-1-9-26-12-16)11-21(29-23(20)31)18-4-2-10-30(15-18)24(33)17-5-7-19(32)8-6-17/h1,3,5-9,11-12,14,18,27,32H,2,4,10,13,15H2. The number of amides is 1. The lowest BCUT2D eigenvalue weighted by Crippen LogP contribution is -2.39. The summed E-state index contributed by atoms with van der Waals surface area (Å²) in [7, 11) is 0. The van der Waals surface area contributed by atoms with Crippen LogP contribution >= 0.6 is 15.9 Å². The number of fused-ring (bicyclic) bond motifs is 1. The van der Waals surface area contributed by atoms with Gasteiger partial charge >= 0.3 is 0 Å². The van der Waals surface area contributed by atoms with Crippen LogP contribution < -0.4 is 5.32 Å². The van der Waals surface area contributed by atoms with Gasteiger partial charge in [-0.1, -0.05) is 6.07 Å². The van der Waals surface area contributed by atoms with Crippen LogP contribution in [-0.4, -0.2) is 48.6 Å². The summed E-state index contributed by atoms with van der Waals surface area (Å²) in [5.41, 5.74) is 3.32. The summed E-state index contributed by atoms with van der Waals surface area (Å²) in [5.74, 6) is 1.08. The molecule has 2 N–H and O–H groups in total. The number of carbonyl (C=O) groups is 1. The van der Waals surface area contributed by atoms with Gasteiger partial charge in [-0.3, -0.25) is 9.78 Å². The van der Waals surface area contributed by atoms with E-state index in [1.807, 2.05) is 29.3 Å². The van der Waals surface area contributed by atoms with E-state index in [-0.39, 0.29) is 17.6 Å². The molecule has 1 unspecified atom stereocenters. The molecule has 0 saturated carbocycles. The van der Waals surface area contributed by atoms with Gasteiger partial charge in [-0.15, -0.1) is 0 Å². The zero-order valence-corrected chi connectivity index (χ0v) is 19.4. The Morgan fingerprint density at radius 1 is 1.21 bits per heavy atom. The summed E-state index contributed by atoms with van der Waals surface area (Å²) in [5, 5.41) is 17.4. The Labute approximate surface area is 199 Å². The number of aromatic hydroxyl groups is 1. The largest absolute Gasteiger partial charge is 0.508 e. The molecule has 5 rings (SSSR count). The average molecular weight is 507 g/mol. The van der Waals surface area contributed by atoms with E-state index in [4.69, 9.17) is 4.98 Å². The average Bonchev–Trinajstić information content (AvgIpc) is 3.24. The number of piperidine rings is 1. The minimum atomic E-state index is -0.0266. The molecule has 1 saturated heterocycles. The number of nitrogens with one attached hydrogen (secondary N) is 1. The molecule has 0 bridgehead atoms. The highest BCUT2D eigenvalue weighted by Crippen LogP contribution is 2.30. The van der Waals surface area contributed by atoms with E-state index in [0.29, 0.717) is 25.2 Å². The second-order valence-corrected chi connectivity index (χ2v) is 9.00. The molecule has 1 amide bonds. The van der Waals surface area contributed by atoms with Crippen LogP contribution in [0.2, 0.25) is 0 Å². The van der Waals surface area contributed by atoms with E-state index in [9.17, 15) is 9.90 Å². The molecule has 1 aliphatic heterocycles. The molecule has 0 spiro atoms. The maximum atomic E-state index is 13.0. The summed E-state index contributed by atoms with van der Waals surface area (Å²) in [6, 6.07) is 12.4. The number of hydrogen-bond donors (Lipinski definition) is 2. The first-order valence-corrected chi connectivity index (χ1v) is 11.6. The minimum absolute atomic E-state index is 0.0266. The van der Waals surface area contributed by atoms with Crippen molar-refractivity contribution in [2.45, 2.75) is 25.3 Å². The normalized spacial score (nSPS) is 16.2. The molecular formula is C24H23BrN6O2. The molecule has 8 nitrogen and oxygen atoms in total. The third-order valence-electron chi connectivity index (χ3n) is 5.89. The summed E-state index contributed by atoms with van der Waals surface area (Å²) in [4.78, 5) is 24.0. The van der Waals surface area contributed by atoms with Crippen LogP contribution in [-0.2, 0) is 6.54 Å². The van der Waals surface area contributed by atoms with Crippen molar-refractivity contribution in [2.24, 2.45) is 0 Å². The second kappa shape index (κ2) is 9.19. The van der Waals surface area contributed by atoms with Crippen molar-refractivity contribution < 1.29 is 9.90 Å². The topological polar surface area (TPSA) is 95.7 Å². The van der Waals surface area contributed by atoms with E-state index in [0.717, 1.165) is 40.0 Å². The zero-order valence-electron chi connectivity index (χ0n) is 17.9. The third-order valence-corrected chi connectivity index (χ3v) is 6.45. The molecular weight excluding hydrogens is 484 g/mol. The van der Waals surface area contributed by atoms with Crippen LogP contribution in [0.1, 0.15) is 40.4 Å². The Bertz CT molecular complexity index is 1280. The molecule has 3 aromatic heterocycles. The van der Waals surface area contributed by atoms with Crippen molar-refractivity contribution in [3.63, 3.8) is 0 Å². The van der Waals surface area contributed by atoms with Crippen molar-refractivity contribution in [2.75, 3.05) is 18.4 Å². The molecule has 0 aliphatic carbocycles. The van der Waals surface area contributed by atoms with E-state index in [1.54, 1.807) is 41.2 Å². The molecule has 1 atom stereocenters. The number of anilines is 1. The number of rotatable bonds is 5. The maximum Gasteiger partial charge on any atom is 0.253 e. The van der Waals surface area contributed by atoms with Gasteiger partial charge in [-0.05, 0) is 64.7 Å². The molecule has 1 aliphatic rings. The predicted octanol–water partition coefficient (Wildman–Crippen LogP) is 4.22. The summed E-state index contributed by atoms with van der Waals surface area (Å²) >= 11 is 3.56. The Kier molecular flexibility index (Phi) is 5.95. The van der Waals surface area contributed by atoms with E-state index >= 15 is 0 Å². The lowest BCUT2D eigenvalue weighted by molar-refractivity contribution is 0.0706. The Hall–Kier alpha value is -3.46. The van der Waals surface area contributed by atoms with Crippen LogP contribution in [0, 0.1) is 0 Å². The fraction of sp³-hybridized carbons (Fsp3) is 0.250. The second-order valence-electron chi connectivity index (χ2n) is 8.15. The van der Waals surface area contributed by atoms with Crippen molar-refractivity contribution in [1.29, 1.82) is 0 Å². The summed E-state index contributed by atoms with van der Waals surface area (Å²) in [6.07, 6.45) is 7.18. The number of hydrogen-bond acceptors (Lipinski definition) is 6. The molecule has 1 aromatic carbocycles. The number of phenolic OH excluding ortho intramolecular Hbond substituents is 1. The maximum absolute atomic E-state index is 13.0. The molecule has 0 radical (unpaired) electrons. The summed E-state index contributed by atoms with van der Waals surface area (Å²) < 4.78 is 2.60. The summed E-state index contributed by atoms with van der Waals surface area (Å²) in [6.45, 7) is 1.91. The van der Waals surface area contributed by atoms with Crippen molar-refractivity contribution in [1.82, 2.24) is 24.5 Å². The fourth-order valence-corrected chi connectivity index (χ4v) is 4.52. The van der Waals surface area contributed by atoms with Gasteiger partial charge in [0, 0.05) is 49.6 Å². The number of nitrogens with zero attached hydrogens (tertiary/aromatic N) is 5. The van der Waals surface area contributed by atoms with Crippen molar-refractivity contribution in [3.8, 4) is 5.75 Å². The lowest BCUT2D eigenvalue weighted by atomic mass is 9.94. The van der Waals surface area contributed by atoms with Gasteiger partial charge in [0.2, 0.25) is 0 Å². The van der Waals surface area contributed by atoms with Gasteiger partial charge in [0.1, 0.15) is 11.6 Å². The molecule has 4 aromatic rings. The highest BCUT2D eigenvalue weighted by molar-refractivity contribution is 9.10. The highest BCUT2D eigenvalue weighted by atomic mass is 79.9. The predicted molar refractivity (Wildman–Crippen MR) is 128 cm³/mol. The Morgan fingerprint density at radius 3 is 2.85 bits per heavy atom. The van der Waals surface area contributed by atoms with Gasteiger partial charge in [0.05, 0.1) is 16.4 Å². The zero-order chi connectivity index (χ0) is 22.8. The molecule has 33 heavy (non-hydrogen) atoms. The fourth-order valence-electron chi connectivity index (χ4n) is 4.17. The van der Waals surface area contributed by atoms with Crippen LogP contribution in [0.15, 0.2) is 65.5 Å². The van der Waals surface area contributed by atoms with Gasteiger partial charge in [-0.2, -0.15) is 9.61 Å². The first-order valence-electron chi connectivity index (χ1n) is 10.8. The third kappa shape index (κ3) is 4.54. The quantitative estimate of drug-likeness (QED) is 0.420. The van der Waals surface area contributed by atoms with Crippen LogP contribution in [0.3, 0.4) is 0 Å². The van der Waals surface area contributed by atoms with E-state index < -0.39 is 0 Å². The molecule has 168 valence electrons. The first-order chi connectivity index (χ1) is 16.1. The van der Waals surface area contributed by atoms with Crippen LogP contribution in [0.25, 0.3) is 5.65 Å². The lowest BCUT2D eigenvalue weighted by Gasteiger charge is -2.32. The van der Waals surface area contributed by atoms with E-state index in [1.165, 1.54) is 0 Å². The Balaban J connectivity index is 1.40. The van der Waals surface area contributed by atoms with Crippen LogP contribution in [0.4, 0.5) is 5.82 Å². The number of likely N-dealkylation sites (tertiary alicyclic amines) is 1. The number of halogens is 1. The number of benzene rings is 1. The number of carbonyl (C=O) groups excluding carboxylic acids is 1. The SMILES string of the molecule is O=C(c1ccc(O)cc1)N1CCCC(c2cc(NCc3cccnc3)n3ncc(Br)c3n2)C1. The van der Waals surface area contributed by atoms with Gasteiger partial charge in [-0.25, -0.2) is 4.98 Å². The highest BCUT2D eigenvalue weighted by Gasteiger charge is 2.27. The van der Waals surface area contributed by atoms with Crippen molar-refractivity contribution in [3.05, 3.63) is 82.3 Å². The number of phenols is 1.